The number of ether oxygens (including phenoxy) is 2. The molecule has 0 spiro atoms. The van der Waals surface area contributed by atoms with Crippen LogP contribution in [0, 0.1) is 5.92 Å². The van der Waals surface area contributed by atoms with Gasteiger partial charge in [0.05, 0.1) is 0 Å². The molecule has 1 aliphatic rings. The summed E-state index contributed by atoms with van der Waals surface area (Å²) >= 11 is 0. The number of carbonyl (C=O) groups is 2. The fraction of sp³-hybridized carbons (Fsp3) is 0.579. The van der Waals surface area contributed by atoms with Crippen LogP contribution in [0.5, 0.6) is 5.75 Å². The quantitative estimate of drug-likeness (QED) is 0.751. The Morgan fingerprint density at radius 1 is 1.24 bits per heavy atom. The molecular formula is C19H27NO5. The molecule has 2 rings (SSSR count). The highest BCUT2D eigenvalue weighted by molar-refractivity contribution is 5.97. The number of carbonyl (C=O) groups excluding carboxylic acids is 1. The Morgan fingerprint density at radius 3 is 2.44 bits per heavy atom. The molecule has 6 heteroatoms. The van der Waals surface area contributed by atoms with Crippen LogP contribution in [0.1, 0.15) is 46.0 Å². The molecule has 1 saturated carbocycles. The highest BCUT2D eigenvalue weighted by Gasteiger charge is 2.42. The van der Waals surface area contributed by atoms with Crippen molar-refractivity contribution in [1.82, 2.24) is 0 Å². The zero-order valence-corrected chi connectivity index (χ0v) is 14.9. The van der Waals surface area contributed by atoms with Crippen LogP contribution in [-0.4, -0.2) is 35.8 Å². The predicted molar refractivity (Wildman–Crippen MR) is 94.8 cm³/mol. The summed E-state index contributed by atoms with van der Waals surface area (Å²) in [6.45, 7) is 4.42. The minimum absolute atomic E-state index is 0.105. The second-order valence-corrected chi connectivity index (χ2v) is 6.69. The second kappa shape index (κ2) is 8.85. The fourth-order valence-corrected chi connectivity index (χ4v) is 2.99. The monoisotopic (exact) mass is 349 g/mol. The lowest BCUT2D eigenvalue weighted by molar-refractivity contribution is -0.147. The number of rotatable bonds is 8. The number of anilines is 1. The number of hydrogen-bond acceptors (Lipinski definition) is 4. The van der Waals surface area contributed by atoms with Gasteiger partial charge < -0.3 is 19.9 Å². The van der Waals surface area contributed by atoms with Crippen molar-refractivity contribution in [3.05, 3.63) is 24.3 Å². The van der Waals surface area contributed by atoms with Gasteiger partial charge in [-0.15, -0.1) is 0 Å². The second-order valence-electron chi connectivity index (χ2n) is 6.69. The Hall–Kier alpha value is -2.08. The maximum atomic E-state index is 12.9. The molecule has 0 unspecified atom stereocenters. The van der Waals surface area contributed by atoms with E-state index >= 15 is 0 Å². The van der Waals surface area contributed by atoms with Crippen molar-refractivity contribution in [1.29, 1.82) is 0 Å². The first kappa shape index (κ1) is 19.2. The molecule has 0 heterocycles. The molecular weight excluding hydrogens is 322 g/mol. The zero-order valence-electron chi connectivity index (χ0n) is 14.9. The molecule has 0 saturated heterocycles. The van der Waals surface area contributed by atoms with E-state index in [1.54, 1.807) is 24.3 Å². The van der Waals surface area contributed by atoms with Crippen molar-refractivity contribution in [2.45, 2.75) is 51.6 Å². The van der Waals surface area contributed by atoms with Gasteiger partial charge >= 0.3 is 5.97 Å². The van der Waals surface area contributed by atoms with Crippen molar-refractivity contribution in [3.8, 4) is 5.75 Å². The minimum atomic E-state index is -1.03. The van der Waals surface area contributed by atoms with E-state index < -0.39 is 18.2 Å². The summed E-state index contributed by atoms with van der Waals surface area (Å²) in [7, 11) is 0. The number of benzene rings is 1. The van der Waals surface area contributed by atoms with Crippen LogP contribution in [0.2, 0.25) is 0 Å². The largest absolute Gasteiger partial charge is 0.482 e. The third-order valence-electron chi connectivity index (χ3n) is 4.55. The van der Waals surface area contributed by atoms with Crippen molar-refractivity contribution >= 4 is 17.6 Å². The summed E-state index contributed by atoms with van der Waals surface area (Å²) in [5, 5.41) is 11.5. The molecule has 0 aromatic heterocycles. The van der Waals surface area contributed by atoms with Crippen LogP contribution in [-0.2, 0) is 14.3 Å². The Kier molecular flexibility index (Phi) is 6.82. The standard InChI is InChI=1S/C19H27NO5/c1-3-12-25-19(10-8-14(2)9-11-19)18(23)20-15-4-6-16(7-5-15)24-13-17(21)22/h4-7,14H,3,8-13H2,1-2H3,(H,20,23)(H,21,22). The molecule has 0 bridgehead atoms. The molecule has 1 aliphatic carbocycles. The predicted octanol–water partition coefficient (Wildman–Crippen LogP) is 3.46. The smallest absolute Gasteiger partial charge is 0.341 e. The van der Waals surface area contributed by atoms with E-state index in [1.165, 1.54) is 0 Å². The van der Waals surface area contributed by atoms with Crippen LogP contribution in [0.3, 0.4) is 0 Å². The number of carboxylic acids is 1. The van der Waals surface area contributed by atoms with Crippen LogP contribution >= 0.6 is 0 Å². The Bertz CT molecular complexity index is 570. The van der Waals surface area contributed by atoms with E-state index in [0.717, 1.165) is 32.1 Å². The van der Waals surface area contributed by atoms with Crippen molar-refractivity contribution in [3.63, 3.8) is 0 Å². The third-order valence-corrected chi connectivity index (χ3v) is 4.55. The maximum Gasteiger partial charge on any atom is 0.341 e. The van der Waals surface area contributed by atoms with E-state index in [2.05, 4.69) is 12.2 Å². The van der Waals surface area contributed by atoms with Gasteiger partial charge in [0.1, 0.15) is 11.4 Å². The SMILES string of the molecule is CCCOC1(C(=O)Nc2ccc(OCC(=O)O)cc2)CCC(C)CC1. The number of nitrogens with one attached hydrogen (secondary N) is 1. The first-order valence-corrected chi connectivity index (χ1v) is 8.85. The van der Waals surface area contributed by atoms with Gasteiger partial charge in [0.25, 0.3) is 5.91 Å². The third kappa shape index (κ3) is 5.46. The van der Waals surface area contributed by atoms with Gasteiger partial charge in [-0.1, -0.05) is 13.8 Å². The number of carboxylic acid groups (broad SMARTS) is 1. The van der Waals surface area contributed by atoms with E-state index in [-0.39, 0.29) is 5.91 Å². The molecule has 1 amide bonds. The van der Waals surface area contributed by atoms with Gasteiger partial charge in [-0.05, 0) is 62.3 Å². The Morgan fingerprint density at radius 2 is 1.88 bits per heavy atom. The van der Waals surface area contributed by atoms with E-state index in [9.17, 15) is 9.59 Å². The van der Waals surface area contributed by atoms with Crippen molar-refractivity contribution < 1.29 is 24.2 Å². The lowest BCUT2D eigenvalue weighted by atomic mass is 9.78. The number of hydrogen-bond donors (Lipinski definition) is 2. The molecule has 1 aromatic rings. The minimum Gasteiger partial charge on any atom is -0.482 e. The first-order chi connectivity index (χ1) is 11.9. The molecule has 1 fully saturated rings. The van der Waals surface area contributed by atoms with Gasteiger partial charge in [0.2, 0.25) is 0 Å². The lowest BCUT2D eigenvalue weighted by Crippen LogP contribution is -2.48. The summed E-state index contributed by atoms with van der Waals surface area (Å²) in [5.74, 6) is -0.0633. The van der Waals surface area contributed by atoms with Gasteiger partial charge in [0.15, 0.2) is 6.61 Å². The normalized spacial score (nSPS) is 23.0. The molecule has 1 aromatic carbocycles. The van der Waals surface area contributed by atoms with E-state index in [0.29, 0.717) is 24.0 Å². The summed E-state index contributed by atoms with van der Waals surface area (Å²) in [6, 6.07) is 6.68. The zero-order chi connectivity index (χ0) is 18.3. The van der Waals surface area contributed by atoms with Gasteiger partial charge in [-0.2, -0.15) is 0 Å². The van der Waals surface area contributed by atoms with Gasteiger partial charge in [0, 0.05) is 12.3 Å². The lowest BCUT2D eigenvalue weighted by Gasteiger charge is -2.38. The van der Waals surface area contributed by atoms with Crippen LogP contribution in [0.25, 0.3) is 0 Å². The molecule has 0 atom stereocenters. The molecule has 0 aliphatic heterocycles. The van der Waals surface area contributed by atoms with E-state index in [4.69, 9.17) is 14.6 Å². The summed E-state index contributed by atoms with van der Waals surface area (Å²) in [6.07, 6.45) is 4.32. The highest BCUT2D eigenvalue weighted by Crippen LogP contribution is 2.36. The summed E-state index contributed by atoms with van der Waals surface area (Å²) in [4.78, 5) is 23.4. The fourth-order valence-electron chi connectivity index (χ4n) is 2.99. The molecule has 138 valence electrons. The average molecular weight is 349 g/mol. The molecule has 6 nitrogen and oxygen atoms in total. The summed E-state index contributed by atoms with van der Waals surface area (Å²) < 4.78 is 11.1. The maximum absolute atomic E-state index is 12.9. The van der Waals surface area contributed by atoms with Crippen LogP contribution in [0.15, 0.2) is 24.3 Å². The molecule has 25 heavy (non-hydrogen) atoms. The number of amides is 1. The summed E-state index contributed by atoms with van der Waals surface area (Å²) in [5.41, 5.74) is -0.105. The highest BCUT2D eigenvalue weighted by atomic mass is 16.5. The van der Waals surface area contributed by atoms with Crippen LogP contribution < -0.4 is 10.1 Å². The number of aliphatic carboxylic acids is 1. The van der Waals surface area contributed by atoms with Crippen LogP contribution in [0.4, 0.5) is 5.69 Å². The van der Waals surface area contributed by atoms with Gasteiger partial charge in [-0.3, -0.25) is 4.79 Å². The molecule has 0 radical (unpaired) electrons. The van der Waals surface area contributed by atoms with Crippen molar-refractivity contribution in [2.24, 2.45) is 5.92 Å². The topological polar surface area (TPSA) is 84.9 Å². The van der Waals surface area contributed by atoms with Crippen molar-refractivity contribution in [2.75, 3.05) is 18.5 Å². The first-order valence-electron chi connectivity index (χ1n) is 8.85. The Labute approximate surface area is 148 Å². The van der Waals surface area contributed by atoms with Gasteiger partial charge in [-0.25, -0.2) is 4.79 Å². The van der Waals surface area contributed by atoms with E-state index in [1.807, 2.05) is 6.92 Å². The average Bonchev–Trinajstić information content (AvgIpc) is 2.61. The molecule has 2 N–H and O–H groups in total. The Balaban J connectivity index is 2.01.